The van der Waals surface area contributed by atoms with Crippen molar-refractivity contribution >= 4 is 11.4 Å². The van der Waals surface area contributed by atoms with Crippen molar-refractivity contribution in [2.24, 2.45) is 5.92 Å². The van der Waals surface area contributed by atoms with Gasteiger partial charge in [-0.25, -0.2) is 0 Å². The van der Waals surface area contributed by atoms with E-state index in [1.807, 2.05) is 6.07 Å². The molecule has 1 aromatic rings. The third kappa shape index (κ3) is 3.22. The van der Waals surface area contributed by atoms with E-state index in [2.05, 4.69) is 12.2 Å². The number of nitriles is 1. The van der Waals surface area contributed by atoms with Crippen LogP contribution in [0.3, 0.4) is 0 Å². The molecule has 0 unspecified atom stereocenters. The van der Waals surface area contributed by atoms with Crippen LogP contribution in [-0.4, -0.2) is 11.0 Å². The first-order chi connectivity index (χ1) is 9.10. The lowest BCUT2D eigenvalue weighted by molar-refractivity contribution is -0.384. The topological polar surface area (TPSA) is 79.0 Å². The fourth-order valence-corrected chi connectivity index (χ4v) is 2.50. The second-order valence-electron chi connectivity index (χ2n) is 5.20. The highest BCUT2D eigenvalue weighted by Crippen LogP contribution is 2.30. The summed E-state index contributed by atoms with van der Waals surface area (Å²) in [5.74, 6) is 0.735. The van der Waals surface area contributed by atoms with E-state index in [1.54, 1.807) is 6.07 Å². The third-order valence-corrected chi connectivity index (χ3v) is 3.70. The van der Waals surface area contributed by atoms with Crippen LogP contribution in [0.25, 0.3) is 0 Å². The van der Waals surface area contributed by atoms with Gasteiger partial charge in [-0.1, -0.05) is 6.92 Å². The maximum absolute atomic E-state index is 11.0. The molecule has 0 heterocycles. The molecule has 5 nitrogen and oxygen atoms in total. The Kier molecular flexibility index (Phi) is 4.00. The van der Waals surface area contributed by atoms with E-state index in [1.165, 1.54) is 12.1 Å². The normalized spacial score (nSPS) is 22.5. The Bertz CT molecular complexity index is 514. The number of hydrogen-bond donors (Lipinski definition) is 1. The molecule has 1 fully saturated rings. The van der Waals surface area contributed by atoms with Gasteiger partial charge in [-0.3, -0.25) is 10.1 Å². The first-order valence-corrected chi connectivity index (χ1v) is 6.55. The van der Waals surface area contributed by atoms with Crippen molar-refractivity contribution in [3.05, 3.63) is 33.9 Å². The second-order valence-corrected chi connectivity index (χ2v) is 5.20. The van der Waals surface area contributed by atoms with Gasteiger partial charge < -0.3 is 5.32 Å². The maximum atomic E-state index is 11.0. The molecule has 0 bridgehead atoms. The van der Waals surface area contributed by atoms with Crippen LogP contribution in [0, 0.1) is 27.4 Å². The highest BCUT2D eigenvalue weighted by Gasteiger charge is 2.21. The van der Waals surface area contributed by atoms with Crippen molar-refractivity contribution in [1.29, 1.82) is 5.26 Å². The van der Waals surface area contributed by atoms with Crippen molar-refractivity contribution in [2.45, 2.75) is 38.6 Å². The van der Waals surface area contributed by atoms with Crippen LogP contribution in [0.5, 0.6) is 0 Å². The van der Waals surface area contributed by atoms with Gasteiger partial charge >= 0.3 is 0 Å². The number of rotatable bonds is 3. The minimum atomic E-state index is -0.408. The van der Waals surface area contributed by atoms with Crippen LogP contribution in [0.1, 0.15) is 38.2 Å². The van der Waals surface area contributed by atoms with Gasteiger partial charge in [-0.15, -0.1) is 0 Å². The number of nitrogens with zero attached hydrogens (tertiary/aromatic N) is 2. The Labute approximate surface area is 112 Å². The minimum absolute atomic E-state index is 0.0395. The molecule has 0 radical (unpaired) electrons. The molecule has 100 valence electrons. The van der Waals surface area contributed by atoms with E-state index in [0.29, 0.717) is 11.3 Å². The van der Waals surface area contributed by atoms with Gasteiger partial charge in [0.1, 0.15) is 5.69 Å². The second kappa shape index (κ2) is 5.70. The fraction of sp³-hybridized carbons (Fsp3) is 0.500. The predicted molar refractivity (Wildman–Crippen MR) is 72.9 cm³/mol. The molecule has 1 aromatic carbocycles. The van der Waals surface area contributed by atoms with Crippen molar-refractivity contribution in [2.75, 3.05) is 5.32 Å². The minimum Gasteiger partial charge on any atom is -0.377 e. The molecule has 0 atom stereocenters. The summed E-state index contributed by atoms with van der Waals surface area (Å²) in [7, 11) is 0. The van der Waals surface area contributed by atoms with Crippen molar-refractivity contribution < 1.29 is 4.92 Å². The van der Waals surface area contributed by atoms with Gasteiger partial charge in [-0.2, -0.15) is 5.26 Å². The SMILES string of the molecule is CC1CCC(Nc2cc(C#N)ccc2[N+](=O)[O-])CC1. The van der Waals surface area contributed by atoms with E-state index in [-0.39, 0.29) is 11.7 Å². The van der Waals surface area contributed by atoms with Gasteiger partial charge in [0.05, 0.1) is 16.6 Å². The molecule has 0 amide bonds. The summed E-state index contributed by atoms with van der Waals surface area (Å²) in [6.07, 6.45) is 4.33. The predicted octanol–water partition coefficient (Wildman–Crippen LogP) is 3.46. The molecule has 19 heavy (non-hydrogen) atoms. The average molecular weight is 259 g/mol. The van der Waals surface area contributed by atoms with Crippen LogP contribution in [0.2, 0.25) is 0 Å². The maximum Gasteiger partial charge on any atom is 0.292 e. The van der Waals surface area contributed by atoms with Crippen LogP contribution in [0.4, 0.5) is 11.4 Å². The van der Waals surface area contributed by atoms with E-state index < -0.39 is 4.92 Å². The monoisotopic (exact) mass is 259 g/mol. The lowest BCUT2D eigenvalue weighted by Crippen LogP contribution is -2.25. The number of nitro benzene ring substituents is 1. The van der Waals surface area contributed by atoms with Gasteiger partial charge in [0.25, 0.3) is 5.69 Å². The molecule has 1 saturated carbocycles. The molecule has 1 aliphatic carbocycles. The Morgan fingerprint density at radius 2 is 2.05 bits per heavy atom. The summed E-state index contributed by atoms with van der Waals surface area (Å²) < 4.78 is 0. The van der Waals surface area contributed by atoms with Crippen LogP contribution < -0.4 is 5.32 Å². The Hall–Kier alpha value is -2.09. The largest absolute Gasteiger partial charge is 0.377 e. The van der Waals surface area contributed by atoms with E-state index in [9.17, 15) is 10.1 Å². The molecule has 1 N–H and O–H groups in total. The average Bonchev–Trinajstić information content (AvgIpc) is 2.41. The quantitative estimate of drug-likeness (QED) is 0.666. The summed E-state index contributed by atoms with van der Waals surface area (Å²) in [6, 6.07) is 6.72. The Morgan fingerprint density at radius 1 is 1.37 bits per heavy atom. The standard InChI is InChI=1S/C14H17N3O2/c1-10-2-5-12(6-3-10)16-13-8-11(9-15)4-7-14(13)17(18)19/h4,7-8,10,12,16H,2-3,5-6H2,1H3. The molecular formula is C14H17N3O2. The Morgan fingerprint density at radius 3 is 2.63 bits per heavy atom. The van der Waals surface area contributed by atoms with Crippen LogP contribution in [-0.2, 0) is 0 Å². The first-order valence-electron chi connectivity index (χ1n) is 6.55. The highest BCUT2D eigenvalue weighted by atomic mass is 16.6. The van der Waals surface area contributed by atoms with Gasteiger partial charge in [0.2, 0.25) is 0 Å². The lowest BCUT2D eigenvalue weighted by Gasteiger charge is -2.27. The summed E-state index contributed by atoms with van der Waals surface area (Å²) in [5.41, 5.74) is 0.943. The molecule has 0 spiro atoms. The van der Waals surface area contributed by atoms with Crippen LogP contribution in [0.15, 0.2) is 18.2 Å². The number of anilines is 1. The summed E-state index contributed by atoms with van der Waals surface area (Å²) >= 11 is 0. The Balaban J connectivity index is 2.18. The molecule has 0 aromatic heterocycles. The van der Waals surface area contributed by atoms with Crippen molar-refractivity contribution in [1.82, 2.24) is 0 Å². The molecule has 5 heteroatoms. The van der Waals surface area contributed by atoms with Crippen molar-refractivity contribution in [3.63, 3.8) is 0 Å². The third-order valence-electron chi connectivity index (χ3n) is 3.70. The summed E-state index contributed by atoms with van der Waals surface area (Å²) in [5, 5.41) is 23.1. The van der Waals surface area contributed by atoms with Gasteiger partial charge in [-0.05, 0) is 43.7 Å². The number of hydrogen-bond acceptors (Lipinski definition) is 4. The zero-order valence-corrected chi connectivity index (χ0v) is 10.9. The van der Waals surface area contributed by atoms with E-state index >= 15 is 0 Å². The molecular weight excluding hydrogens is 242 g/mol. The molecule has 2 rings (SSSR count). The lowest BCUT2D eigenvalue weighted by atomic mass is 9.87. The molecule has 0 aliphatic heterocycles. The van der Waals surface area contributed by atoms with E-state index in [0.717, 1.165) is 31.6 Å². The summed E-state index contributed by atoms with van der Waals surface area (Å²) in [6.45, 7) is 2.23. The number of benzene rings is 1. The van der Waals surface area contributed by atoms with Crippen LogP contribution >= 0.6 is 0 Å². The number of nitro groups is 1. The number of nitrogens with one attached hydrogen (secondary N) is 1. The first kappa shape index (κ1) is 13.3. The van der Waals surface area contributed by atoms with Crippen molar-refractivity contribution in [3.8, 4) is 6.07 Å². The smallest absolute Gasteiger partial charge is 0.292 e. The van der Waals surface area contributed by atoms with Gasteiger partial charge in [0.15, 0.2) is 0 Å². The molecule has 1 aliphatic rings. The fourth-order valence-electron chi connectivity index (χ4n) is 2.50. The highest BCUT2D eigenvalue weighted by molar-refractivity contribution is 5.64. The zero-order chi connectivity index (χ0) is 13.8. The van der Waals surface area contributed by atoms with E-state index in [4.69, 9.17) is 5.26 Å². The summed E-state index contributed by atoms with van der Waals surface area (Å²) in [4.78, 5) is 10.6. The zero-order valence-electron chi connectivity index (χ0n) is 10.9. The molecule has 0 saturated heterocycles. The van der Waals surface area contributed by atoms with Gasteiger partial charge in [0, 0.05) is 12.1 Å².